The Hall–Kier alpha value is -1.95. The van der Waals surface area contributed by atoms with Gasteiger partial charge in [0, 0.05) is 25.8 Å². The largest absolute Gasteiger partial charge is 0.340 e. The van der Waals surface area contributed by atoms with Crippen LogP contribution in [-0.2, 0) is 4.79 Å². The Kier molecular flexibility index (Phi) is 6.10. The number of hydrogen-bond donors (Lipinski definition) is 1. The Balaban J connectivity index is 2.05. The van der Waals surface area contributed by atoms with Gasteiger partial charge < -0.3 is 15.1 Å². The van der Waals surface area contributed by atoms with E-state index in [2.05, 4.69) is 22.2 Å². The zero-order valence-corrected chi connectivity index (χ0v) is 14.2. The molecule has 23 heavy (non-hydrogen) atoms. The number of nitrogens with one attached hydrogen (secondary N) is 1. The van der Waals surface area contributed by atoms with Crippen LogP contribution in [0.3, 0.4) is 0 Å². The highest BCUT2D eigenvalue weighted by atomic mass is 16.2. The third-order valence-electron chi connectivity index (χ3n) is 4.15. The molecule has 0 aliphatic carbocycles. The quantitative estimate of drug-likeness (QED) is 0.899. The van der Waals surface area contributed by atoms with Crippen molar-refractivity contribution in [1.29, 1.82) is 0 Å². The summed E-state index contributed by atoms with van der Waals surface area (Å²) in [6.45, 7) is 7.21. The maximum Gasteiger partial charge on any atom is 0.270 e. The summed E-state index contributed by atoms with van der Waals surface area (Å²) in [6.07, 6.45) is 2.53. The lowest BCUT2D eigenvalue weighted by Crippen LogP contribution is -2.52. The summed E-state index contributed by atoms with van der Waals surface area (Å²) in [5.41, 5.74) is 0.335. The standard InChI is InChI=1S/C17H26N4O2/c1-13(2)15(19-16(22)14-7-4-5-8-18-14)17(23)21-10-6-9-20(3)11-12-21/h4-5,7-8,13,15H,6,9-12H2,1-3H3,(H,19,22). The maximum atomic E-state index is 12.8. The third-order valence-corrected chi connectivity index (χ3v) is 4.15. The van der Waals surface area contributed by atoms with Gasteiger partial charge >= 0.3 is 0 Å². The first kappa shape index (κ1) is 17.4. The molecule has 2 amide bonds. The molecule has 1 unspecified atom stereocenters. The normalized spacial score (nSPS) is 17.7. The van der Waals surface area contributed by atoms with Crippen molar-refractivity contribution >= 4 is 11.8 Å². The molecule has 126 valence electrons. The molecule has 0 radical (unpaired) electrons. The molecule has 0 aromatic carbocycles. The van der Waals surface area contributed by atoms with Crippen LogP contribution in [-0.4, -0.2) is 65.9 Å². The maximum absolute atomic E-state index is 12.8. The molecule has 1 aliphatic rings. The summed E-state index contributed by atoms with van der Waals surface area (Å²) in [6, 6.07) is 4.65. The van der Waals surface area contributed by atoms with Gasteiger partial charge in [-0.1, -0.05) is 19.9 Å². The topological polar surface area (TPSA) is 65.5 Å². The second kappa shape index (κ2) is 8.06. The molecule has 6 heteroatoms. The van der Waals surface area contributed by atoms with E-state index in [1.54, 1.807) is 24.4 Å². The van der Waals surface area contributed by atoms with Crippen molar-refractivity contribution in [3.05, 3.63) is 30.1 Å². The van der Waals surface area contributed by atoms with E-state index in [0.29, 0.717) is 12.2 Å². The third kappa shape index (κ3) is 4.76. The summed E-state index contributed by atoms with van der Waals surface area (Å²) in [7, 11) is 2.07. The Morgan fingerprint density at radius 1 is 1.17 bits per heavy atom. The van der Waals surface area contributed by atoms with Crippen LogP contribution in [0.1, 0.15) is 30.8 Å². The second-order valence-electron chi connectivity index (χ2n) is 6.39. The predicted molar refractivity (Wildman–Crippen MR) is 89.0 cm³/mol. The molecule has 0 spiro atoms. The molecule has 2 heterocycles. The van der Waals surface area contributed by atoms with E-state index in [-0.39, 0.29) is 17.7 Å². The summed E-state index contributed by atoms with van der Waals surface area (Å²) >= 11 is 0. The molecule has 0 bridgehead atoms. The molecular formula is C17H26N4O2. The van der Waals surface area contributed by atoms with Crippen LogP contribution < -0.4 is 5.32 Å². The van der Waals surface area contributed by atoms with Crippen molar-refractivity contribution < 1.29 is 9.59 Å². The van der Waals surface area contributed by atoms with E-state index in [1.165, 1.54) is 0 Å². The van der Waals surface area contributed by atoms with Crippen molar-refractivity contribution in [2.24, 2.45) is 5.92 Å². The van der Waals surface area contributed by atoms with Gasteiger partial charge in [-0.15, -0.1) is 0 Å². The van der Waals surface area contributed by atoms with Crippen LogP contribution in [0.2, 0.25) is 0 Å². The zero-order chi connectivity index (χ0) is 16.8. The Bertz CT molecular complexity index is 533. The van der Waals surface area contributed by atoms with Gasteiger partial charge in [0.15, 0.2) is 0 Å². The lowest BCUT2D eigenvalue weighted by atomic mass is 10.0. The molecular weight excluding hydrogens is 292 g/mol. The molecule has 2 rings (SSSR count). The van der Waals surface area contributed by atoms with Gasteiger partial charge in [0.25, 0.3) is 5.91 Å². The second-order valence-corrected chi connectivity index (χ2v) is 6.39. The summed E-state index contributed by atoms with van der Waals surface area (Å²) in [5, 5.41) is 2.86. The molecule has 1 N–H and O–H groups in total. The minimum absolute atomic E-state index is 0.000388. The highest BCUT2D eigenvalue weighted by Gasteiger charge is 2.29. The zero-order valence-electron chi connectivity index (χ0n) is 14.2. The van der Waals surface area contributed by atoms with E-state index in [0.717, 1.165) is 26.1 Å². The number of carbonyl (C=O) groups excluding carboxylic acids is 2. The van der Waals surface area contributed by atoms with Gasteiger partial charge in [0.05, 0.1) is 0 Å². The molecule has 1 aliphatic heterocycles. The average Bonchev–Trinajstić information content (AvgIpc) is 2.77. The minimum Gasteiger partial charge on any atom is -0.340 e. The SMILES string of the molecule is CC(C)C(NC(=O)c1ccccn1)C(=O)N1CCCN(C)CC1. The van der Waals surface area contributed by atoms with Crippen molar-refractivity contribution in [2.45, 2.75) is 26.3 Å². The molecule has 0 saturated carbocycles. The first-order chi connectivity index (χ1) is 11.0. The summed E-state index contributed by atoms with van der Waals surface area (Å²) in [4.78, 5) is 33.3. The van der Waals surface area contributed by atoms with Crippen LogP contribution in [0, 0.1) is 5.92 Å². The number of aromatic nitrogens is 1. The van der Waals surface area contributed by atoms with E-state index < -0.39 is 6.04 Å². The van der Waals surface area contributed by atoms with Gasteiger partial charge in [0.2, 0.25) is 5.91 Å². The van der Waals surface area contributed by atoms with E-state index in [1.807, 2.05) is 18.7 Å². The lowest BCUT2D eigenvalue weighted by molar-refractivity contribution is -0.134. The predicted octanol–water partition coefficient (Wildman–Crippen LogP) is 1.00. The number of likely N-dealkylation sites (N-methyl/N-ethyl adjacent to an activating group) is 1. The molecule has 1 aromatic rings. The molecule has 6 nitrogen and oxygen atoms in total. The number of pyridine rings is 1. The summed E-state index contributed by atoms with van der Waals surface area (Å²) < 4.78 is 0. The molecule has 1 saturated heterocycles. The van der Waals surface area contributed by atoms with E-state index in [4.69, 9.17) is 0 Å². The highest BCUT2D eigenvalue weighted by molar-refractivity contribution is 5.96. The van der Waals surface area contributed by atoms with Gasteiger partial charge in [-0.3, -0.25) is 14.6 Å². The molecule has 1 atom stereocenters. The molecule has 1 aromatic heterocycles. The number of amides is 2. The first-order valence-corrected chi connectivity index (χ1v) is 8.18. The fourth-order valence-electron chi connectivity index (χ4n) is 2.69. The Morgan fingerprint density at radius 2 is 1.96 bits per heavy atom. The van der Waals surface area contributed by atoms with E-state index in [9.17, 15) is 9.59 Å². The number of rotatable bonds is 4. The van der Waals surface area contributed by atoms with Crippen molar-refractivity contribution in [1.82, 2.24) is 20.1 Å². The van der Waals surface area contributed by atoms with E-state index >= 15 is 0 Å². The smallest absolute Gasteiger partial charge is 0.270 e. The van der Waals surface area contributed by atoms with Crippen molar-refractivity contribution in [3.63, 3.8) is 0 Å². The van der Waals surface area contributed by atoms with Crippen molar-refractivity contribution in [2.75, 3.05) is 33.2 Å². The van der Waals surface area contributed by atoms with Gasteiger partial charge in [-0.25, -0.2) is 0 Å². The fraction of sp³-hybridized carbons (Fsp3) is 0.588. The van der Waals surface area contributed by atoms with Gasteiger partial charge in [-0.05, 0) is 38.1 Å². The molecule has 1 fully saturated rings. The average molecular weight is 318 g/mol. The van der Waals surface area contributed by atoms with Crippen LogP contribution in [0.5, 0.6) is 0 Å². The van der Waals surface area contributed by atoms with Crippen LogP contribution in [0.4, 0.5) is 0 Å². The van der Waals surface area contributed by atoms with Crippen LogP contribution in [0.25, 0.3) is 0 Å². The fourth-order valence-corrected chi connectivity index (χ4v) is 2.69. The number of nitrogens with zero attached hydrogens (tertiary/aromatic N) is 3. The number of hydrogen-bond acceptors (Lipinski definition) is 4. The lowest BCUT2D eigenvalue weighted by Gasteiger charge is -2.28. The van der Waals surface area contributed by atoms with Crippen LogP contribution in [0.15, 0.2) is 24.4 Å². The highest BCUT2D eigenvalue weighted by Crippen LogP contribution is 2.10. The summed E-state index contributed by atoms with van der Waals surface area (Å²) in [5.74, 6) is -0.277. The monoisotopic (exact) mass is 318 g/mol. The van der Waals surface area contributed by atoms with Gasteiger partial charge in [-0.2, -0.15) is 0 Å². The van der Waals surface area contributed by atoms with Crippen LogP contribution >= 0.6 is 0 Å². The van der Waals surface area contributed by atoms with Gasteiger partial charge in [0.1, 0.15) is 11.7 Å². The number of carbonyl (C=O) groups is 2. The Labute approximate surface area is 137 Å². The first-order valence-electron chi connectivity index (χ1n) is 8.18. The Morgan fingerprint density at radius 3 is 2.61 bits per heavy atom. The minimum atomic E-state index is -0.520. The van der Waals surface area contributed by atoms with Crippen molar-refractivity contribution in [3.8, 4) is 0 Å².